The van der Waals surface area contributed by atoms with Crippen molar-refractivity contribution >= 4 is 51.6 Å². The highest BCUT2D eigenvalue weighted by Gasteiger charge is 2.45. The van der Waals surface area contributed by atoms with Gasteiger partial charge < -0.3 is 31.9 Å². The molecule has 0 saturated carbocycles. The van der Waals surface area contributed by atoms with Gasteiger partial charge in [-0.2, -0.15) is 0 Å². The first-order valence-corrected chi connectivity index (χ1v) is 26.3. The molecule has 42 heavy (non-hydrogen) atoms. The molecular weight excluding hydrogens is 607 g/mol. The summed E-state index contributed by atoms with van der Waals surface area (Å²) in [6, 6.07) is 2.40. The number of carbonyl (C=O) groups is 3. The van der Waals surface area contributed by atoms with Crippen LogP contribution < -0.4 is 5.32 Å². The number of nitrogens with one attached hydrogen (secondary N) is 1. The van der Waals surface area contributed by atoms with Gasteiger partial charge in [0.15, 0.2) is 16.6 Å². The van der Waals surface area contributed by atoms with Crippen molar-refractivity contribution in [2.75, 3.05) is 33.0 Å². The van der Waals surface area contributed by atoms with Crippen LogP contribution in [0.5, 0.6) is 0 Å². The van der Waals surface area contributed by atoms with Crippen LogP contribution in [0.2, 0.25) is 64.0 Å². The largest absolute Gasteiger partial charge is 0.462 e. The molecule has 0 aromatic heterocycles. The van der Waals surface area contributed by atoms with Crippen LogP contribution in [0.3, 0.4) is 0 Å². The molecule has 0 aliphatic carbocycles. The van der Waals surface area contributed by atoms with Gasteiger partial charge >= 0.3 is 29.1 Å². The van der Waals surface area contributed by atoms with Crippen molar-refractivity contribution in [2.24, 2.45) is 0 Å². The third kappa shape index (κ3) is 20.5. The molecule has 0 saturated heterocycles. The third-order valence-electron chi connectivity index (χ3n) is 6.03. The van der Waals surface area contributed by atoms with Gasteiger partial charge in [0, 0.05) is 31.2 Å². The van der Waals surface area contributed by atoms with E-state index >= 15 is 0 Å². The fourth-order valence-corrected chi connectivity index (χ4v) is 24.1. The number of hydrogen-bond acceptors (Lipinski definition) is 9. The Morgan fingerprint density at radius 1 is 0.619 bits per heavy atom. The average Bonchev–Trinajstić information content (AvgIpc) is 2.81. The molecule has 0 radical (unpaired) electrons. The lowest BCUT2D eigenvalue weighted by molar-refractivity contribution is -0.139. The Morgan fingerprint density at radius 3 is 1.52 bits per heavy atom. The first kappa shape index (κ1) is 40.6. The Hall–Kier alpha value is -1.40. The third-order valence-corrected chi connectivity index (χ3v) is 22.2. The van der Waals surface area contributed by atoms with Crippen molar-refractivity contribution < 1.29 is 40.9 Å². The van der Waals surface area contributed by atoms with Gasteiger partial charge in [0.2, 0.25) is 5.91 Å². The number of carbonyl (C=O) groups excluding carboxylic acids is 3. The predicted molar refractivity (Wildman–Crippen MR) is 177 cm³/mol. The summed E-state index contributed by atoms with van der Waals surface area (Å²) >= 11 is 0. The van der Waals surface area contributed by atoms with E-state index in [0.717, 1.165) is 31.0 Å². The van der Waals surface area contributed by atoms with E-state index in [-0.39, 0.29) is 17.8 Å². The average molecular weight is 664 g/mol. The second kappa shape index (κ2) is 19.1. The van der Waals surface area contributed by atoms with Crippen molar-refractivity contribution in [1.82, 2.24) is 5.32 Å². The second-order valence-corrected chi connectivity index (χ2v) is 28.7. The molecule has 0 aromatic rings. The number of amides is 1. The monoisotopic (exact) mass is 663 g/mol. The van der Waals surface area contributed by atoms with Crippen LogP contribution in [0.25, 0.3) is 0 Å². The molecule has 10 nitrogen and oxygen atoms in total. The molecule has 0 fully saturated rings. The summed E-state index contributed by atoms with van der Waals surface area (Å²) < 4.78 is 36.8. The van der Waals surface area contributed by atoms with Crippen molar-refractivity contribution in [3.05, 3.63) is 24.3 Å². The van der Waals surface area contributed by atoms with Crippen LogP contribution in [-0.2, 0) is 40.9 Å². The predicted octanol–water partition coefficient (Wildman–Crippen LogP) is 5.78. The van der Waals surface area contributed by atoms with Gasteiger partial charge in [0.05, 0.1) is 19.8 Å². The maximum atomic E-state index is 11.7. The van der Waals surface area contributed by atoms with Crippen LogP contribution >= 0.6 is 0 Å². The summed E-state index contributed by atoms with van der Waals surface area (Å²) in [5.41, 5.74) is 0.786. The number of esters is 2. The van der Waals surface area contributed by atoms with Crippen molar-refractivity contribution in [3.63, 3.8) is 0 Å². The highest BCUT2D eigenvalue weighted by molar-refractivity contribution is 6.89. The quantitative estimate of drug-likeness (QED) is 0.0628. The van der Waals surface area contributed by atoms with Gasteiger partial charge in [0.25, 0.3) is 0 Å². The Bertz CT molecular complexity index is 912. The second-order valence-electron chi connectivity index (χ2n) is 12.6. The summed E-state index contributed by atoms with van der Waals surface area (Å²) in [7, 11) is -9.60. The van der Waals surface area contributed by atoms with Gasteiger partial charge in [-0.05, 0) is 97.1 Å². The van der Waals surface area contributed by atoms with E-state index in [2.05, 4.69) is 64.3 Å². The van der Waals surface area contributed by atoms with E-state index in [1.165, 1.54) is 6.92 Å². The summed E-state index contributed by atoms with van der Waals surface area (Å²) in [6.07, 6.45) is 2.20. The zero-order valence-electron chi connectivity index (χ0n) is 27.9. The molecule has 0 heterocycles. The maximum Gasteiger partial charge on any atom is 0.333 e. The van der Waals surface area contributed by atoms with Crippen molar-refractivity contribution in [1.29, 1.82) is 0 Å². The Morgan fingerprint density at radius 2 is 1.07 bits per heavy atom. The van der Waals surface area contributed by atoms with E-state index in [1.54, 1.807) is 13.8 Å². The first-order valence-electron chi connectivity index (χ1n) is 14.8. The molecule has 0 bridgehead atoms. The SMILES string of the molecule is C=C(C)C(=O)OCCC[Si](C)(C)O[Si](C)(C)O[Si](C)(CCCOCCNC(C)=O)O[Si](C)(C)CCCOC(=O)C(=C)C. The molecule has 1 N–H and O–H groups in total. The van der Waals surface area contributed by atoms with E-state index in [0.29, 0.717) is 50.5 Å². The number of rotatable bonds is 23. The normalized spacial score (nSPS) is 13.7. The smallest absolute Gasteiger partial charge is 0.333 e. The minimum absolute atomic E-state index is 0.0755. The van der Waals surface area contributed by atoms with Crippen LogP contribution in [0.1, 0.15) is 40.0 Å². The zero-order valence-corrected chi connectivity index (χ0v) is 31.9. The minimum atomic E-state index is -2.70. The molecule has 14 heteroatoms. The molecule has 0 rings (SSSR count). The van der Waals surface area contributed by atoms with E-state index < -0.39 is 33.8 Å². The highest BCUT2D eigenvalue weighted by Crippen LogP contribution is 2.30. The van der Waals surface area contributed by atoms with E-state index in [1.807, 2.05) is 0 Å². The first-order chi connectivity index (χ1) is 19.2. The van der Waals surface area contributed by atoms with Gasteiger partial charge in [-0.25, -0.2) is 9.59 Å². The molecule has 1 atom stereocenters. The van der Waals surface area contributed by atoms with Crippen LogP contribution in [-0.4, -0.2) is 84.6 Å². The number of hydrogen-bond donors (Lipinski definition) is 1. The molecular formula is C28H57NO9Si4. The Kier molecular flexibility index (Phi) is 18.4. The Labute approximate surface area is 258 Å². The summed E-state index contributed by atoms with van der Waals surface area (Å²) in [6.45, 7) is 29.1. The fourth-order valence-electron chi connectivity index (χ4n) is 4.48. The van der Waals surface area contributed by atoms with Gasteiger partial charge in [0.1, 0.15) is 0 Å². The summed E-state index contributed by atoms with van der Waals surface area (Å²) in [5, 5.41) is 2.73. The topological polar surface area (TPSA) is 119 Å². The summed E-state index contributed by atoms with van der Waals surface area (Å²) in [5.74, 6) is -0.817. The van der Waals surface area contributed by atoms with Crippen molar-refractivity contribution in [2.45, 2.75) is 104 Å². The van der Waals surface area contributed by atoms with Gasteiger partial charge in [-0.15, -0.1) is 0 Å². The maximum absolute atomic E-state index is 11.7. The van der Waals surface area contributed by atoms with Gasteiger partial charge in [-0.1, -0.05) is 13.2 Å². The van der Waals surface area contributed by atoms with Crippen LogP contribution in [0, 0.1) is 0 Å². The molecule has 0 aromatic carbocycles. The molecule has 244 valence electrons. The number of ether oxygens (including phenoxy) is 3. The molecule has 1 unspecified atom stereocenters. The fraction of sp³-hybridized carbons (Fsp3) is 0.750. The molecule has 0 aliphatic heterocycles. The van der Waals surface area contributed by atoms with Crippen LogP contribution in [0.15, 0.2) is 24.3 Å². The molecule has 0 spiro atoms. The van der Waals surface area contributed by atoms with Crippen LogP contribution in [0.4, 0.5) is 0 Å². The standard InChI is InChI=1S/C28H57NO9Si4/c1-24(2)27(31)34-18-14-21-39(6,7)36-41(10,11)38-42(12,23-13-17-33-20-16-29-26(5)30)37-40(8,9)22-15-19-35-28(32)25(3)4/h1,3,13-23H2,2,4-12H3,(H,29,30). The Balaban J connectivity index is 5.29. The lowest BCUT2D eigenvalue weighted by Crippen LogP contribution is -2.57. The van der Waals surface area contributed by atoms with Gasteiger partial charge in [-0.3, -0.25) is 4.79 Å². The highest BCUT2D eigenvalue weighted by atomic mass is 28.5. The zero-order chi connectivity index (χ0) is 32.6. The van der Waals surface area contributed by atoms with E-state index in [9.17, 15) is 14.4 Å². The summed E-state index contributed by atoms with van der Waals surface area (Å²) in [4.78, 5) is 34.5. The van der Waals surface area contributed by atoms with Crippen molar-refractivity contribution in [3.8, 4) is 0 Å². The molecule has 1 amide bonds. The molecule has 0 aliphatic rings. The minimum Gasteiger partial charge on any atom is -0.462 e. The lowest BCUT2D eigenvalue weighted by Gasteiger charge is -2.42. The van der Waals surface area contributed by atoms with E-state index in [4.69, 9.17) is 26.6 Å². The lowest BCUT2D eigenvalue weighted by atomic mass is 10.4.